The molecule has 1 atom stereocenters. The van der Waals surface area contributed by atoms with E-state index >= 15 is 0 Å². The largest absolute Gasteiger partial charge is 0.481 e. The summed E-state index contributed by atoms with van der Waals surface area (Å²) >= 11 is 0. The molecule has 5 heteroatoms. The molecule has 0 radical (unpaired) electrons. The summed E-state index contributed by atoms with van der Waals surface area (Å²) in [5.74, 6) is -1.52. The molecule has 2 aromatic rings. The molecule has 1 aliphatic carbocycles. The summed E-state index contributed by atoms with van der Waals surface area (Å²) in [4.78, 5) is 24.6. The molecule has 0 aliphatic heterocycles. The van der Waals surface area contributed by atoms with Crippen LogP contribution >= 0.6 is 0 Å². The number of nitrogens with one attached hydrogen (secondary N) is 1. The van der Waals surface area contributed by atoms with Crippen LogP contribution in [0.25, 0.3) is 0 Å². The fourth-order valence-corrected chi connectivity index (χ4v) is 3.19. The van der Waals surface area contributed by atoms with Gasteiger partial charge in [-0.2, -0.15) is 0 Å². The smallest absolute Gasteiger partial charge is 0.315 e. The van der Waals surface area contributed by atoms with Crippen molar-refractivity contribution in [1.29, 1.82) is 0 Å². The van der Waals surface area contributed by atoms with Crippen LogP contribution in [0.2, 0.25) is 0 Å². The highest BCUT2D eigenvalue weighted by Gasteiger charge is 2.50. The van der Waals surface area contributed by atoms with Gasteiger partial charge in [-0.05, 0) is 43.4 Å². The van der Waals surface area contributed by atoms with E-state index in [1.807, 2.05) is 6.07 Å². The lowest BCUT2D eigenvalue weighted by Gasteiger charge is -2.27. The van der Waals surface area contributed by atoms with Crippen molar-refractivity contribution in [2.24, 2.45) is 5.41 Å². The van der Waals surface area contributed by atoms with Gasteiger partial charge in [0.1, 0.15) is 11.2 Å². The Bertz CT molecular complexity index is 817. The number of halogens is 1. The third kappa shape index (κ3) is 3.47. The summed E-state index contributed by atoms with van der Waals surface area (Å²) in [5, 5.41) is 12.5. The molecule has 1 amide bonds. The number of carboxylic acid groups (broad SMARTS) is 1. The van der Waals surface area contributed by atoms with Gasteiger partial charge in [0, 0.05) is 6.54 Å². The van der Waals surface area contributed by atoms with Gasteiger partial charge >= 0.3 is 5.97 Å². The maximum atomic E-state index is 13.9. The minimum atomic E-state index is -1.22. The van der Waals surface area contributed by atoms with Crippen LogP contribution < -0.4 is 5.32 Å². The van der Waals surface area contributed by atoms with Crippen LogP contribution in [-0.4, -0.2) is 23.5 Å². The zero-order chi connectivity index (χ0) is 18.8. The average Bonchev–Trinajstić information content (AvgIpc) is 3.43. The van der Waals surface area contributed by atoms with Gasteiger partial charge in [0.15, 0.2) is 0 Å². The van der Waals surface area contributed by atoms with Gasteiger partial charge in [0.05, 0.1) is 5.41 Å². The first-order valence-electron chi connectivity index (χ1n) is 8.68. The van der Waals surface area contributed by atoms with Gasteiger partial charge < -0.3 is 10.4 Å². The van der Waals surface area contributed by atoms with Crippen molar-refractivity contribution in [3.05, 3.63) is 71.5 Å². The fraction of sp³-hybridized carbons (Fsp3) is 0.333. The molecule has 0 heterocycles. The average molecular weight is 355 g/mol. The number of rotatable bonds is 7. The summed E-state index contributed by atoms with van der Waals surface area (Å²) in [5.41, 5.74) is -0.695. The van der Waals surface area contributed by atoms with E-state index in [1.54, 1.807) is 49.4 Å². The number of amides is 1. The maximum absolute atomic E-state index is 13.9. The van der Waals surface area contributed by atoms with Crippen molar-refractivity contribution < 1.29 is 19.1 Å². The zero-order valence-electron chi connectivity index (χ0n) is 14.7. The van der Waals surface area contributed by atoms with Gasteiger partial charge in [-0.15, -0.1) is 0 Å². The van der Waals surface area contributed by atoms with Gasteiger partial charge in [-0.3, -0.25) is 9.59 Å². The molecule has 2 N–H and O–H groups in total. The zero-order valence-corrected chi connectivity index (χ0v) is 14.7. The molecule has 0 bridgehead atoms. The Labute approximate surface area is 152 Å². The SMILES string of the molecule is CC(CNC(=O)C1(Cc2ccccc2F)CC1)(C(=O)O)c1ccccc1. The fourth-order valence-electron chi connectivity index (χ4n) is 3.19. The van der Waals surface area contributed by atoms with Crippen LogP contribution in [0, 0.1) is 11.2 Å². The van der Waals surface area contributed by atoms with E-state index in [1.165, 1.54) is 6.07 Å². The van der Waals surface area contributed by atoms with Crippen LogP contribution in [0.3, 0.4) is 0 Å². The van der Waals surface area contributed by atoms with E-state index in [0.29, 0.717) is 30.4 Å². The molecule has 136 valence electrons. The second-order valence-electron chi connectivity index (χ2n) is 7.23. The number of aliphatic carboxylic acids is 1. The van der Waals surface area contributed by atoms with Gasteiger partial charge in [-0.25, -0.2) is 4.39 Å². The highest BCUT2D eigenvalue weighted by molar-refractivity contribution is 5.87. The number of carbonyl (C=O) groups is 2. The van der Waals surface area contributed by atoms with Crippen LogP contribution in [-0.2, 0) is 21.4 Å². The minimum Gasteiger partial charge on any atom is -0.481 e. The lowest BCUT2D eigenvalue weighted by Crippen LogP contribution is -2.46. The summed E-state index contributed by atoms with van der Waals surface area (Å²) in [6.07, 6.45) is 1.70. The molecular weight excluding hydrogens is 333 g/mol. The van der Waals surface area contributed by atoms with E-state index in [0.717, 1.165) is 0 Å². The van der Waals surface area contributed by atoms with E-state index in [9.17, 15) is 19.1 Å². The number of carboxylic acids is 1. The molecule has 0 saturated heterocycles. The number of hydrogen-bond acceptors (Lipinski definition) is 2. The van der Waals surface area contributed by atoms with Crippen molar-refractivity contribution in [2.75, 3.05) is 6.54 Å². The van der Waals surface area contributed by atoms with Gasteiger partial charge in [0.2, 0.25) is 5.91 Å². The predicted molar refractivity (Wildman–Crippen MR) is 96.2 cm³/mol. The summed E-state index contributed by atoms with van der Waals surface area (Å²) in [7, 11) is 0. The molecule has 1 fully saturated rings. The van der Waals surface area contributed by atoms with Crippen LogP contribution in [0.4, 0.5) is 4.39 Å². The first-order valence-corrected chi connectivity index (χ1v) is 8.68. The van der Waals surface area contributed by atoms with Crippen molar-refractivity contribution >= 4 is 11.9 Å². The third-order valence-corrected chi connectivity index (χ3v) is 5.31. The monoisotopic (exact) mass is 355 g/mol. The molecular formula is C21H22FNO3. The highest BCUT2D eigenvalue weighted by Crippen LogP contribution is 2.49. The van der Waals surface area contributed by atoms with Crippen molar-refractivity contribution in [2.45, 2.75) is 31.6 Å². The molecule has 1 unspecified atom stereocenters. The second-order valence-corrected chi connectivity index (χ2v) is 7.23. The summed E-state index contributed by atoms with van der Waals surface area (Å²) < 4.78 is 13.9. The van der Waals surface area contributed by atoms with Crippen molar-refractivity contribution in [3.63, 3.8) is 0 Å². The number of benzene rings is 2. The van der Waals surface area contributed by atoms with E-state index in [4.69, 9.17) is 0 Å². The standard InChI is InChI=1S/C21H22FNO3/c1-20(19(25)26,16-8-3-2-4-9-16)14-23-18(24)21(11-12-21)13-15-7-5-6-10-17(15)22/h2-10H,11-14H2,1H3,(H,23,24)(H,25,26). The third-order valence-electron chi connectivity index (χ3n) is 5.31. The molecule has 1 aliphatic rings. The molecule has 0 aromatic heterocycles. The molecule has 26 heavy (non-hydrogen) atoms. The van der Waals surface area contributed by atoms with E-state index < -0.39 is 16.8 Å². The predicted octanol–water partition coefficient (Wildman–Crippen LogP) is 3.31. The number of hydrogen-bond donors (Lipinski definition) is 2. The summed E-state index contributed by atoms with van der Waals surface area (Å²) in [6.45, 7) is 1.59. The first-order chi connectivity index (χ1) is 12.4. The first kappa shape index (κ1) is 18.1. The Hall–Kier alpha value is -2.69. The highest BCUT2D eigenvalue weighted by atomic mass is 19.1. The Balaban J connectivity index is 1.71. The van der Waals surface area contributed by atoms with Crippen molar-refractivity contribution in [3.8, 4) is 0 Å². The van der Waals surface area contributed by atoms with Gasteiger partial charge in [-0.1, -0.05) is 48.5 Å². The van der Waals surface area contributed by atoms with Crippen LogP contribution in [0.1, 0.15) is 30.9 Å². The lowest BCUT2D eigenvalue weighted by molar-refractivity contribution is -0.143. The van der Waals surface area contributed by atoms with Crippen LogP contribution in [0.5, 0.6) is 0 Å². The Morgan fingerprint density at radius 1 is 1.12 bits per heavy atom. The van der Waals surface area contributed by atoms with Crippen LogP contribution in [0.15, 0.2) is 54.6 Å². The molecule has 2 aromatic carbocycles. The topological polar surface area (TPSA) is 66.4 Å². The normalized spacial score (nSPS) is 17.2. The van der Waals surface area contributed by atoms with E-state index in [2.05, 4.69) is 5.32 Å². The molecule has 0 spiro atoms. The minimum absolute atomic E-state index is 0.00972. The molecule has 3 rings (SSSR count). The lowest BCUT2D eigenvalue weighted by atomic mass is 9.82. The Kier molecular flexibility index (Phi) is 4.81. The second kappa shape index (κ2) is 6.90. The van der Waals surface area contributed by atoms with E-state index in [-0.39, 0.29) is 18.3 Å². The van der Waals surface area contributed by atoms with Crippen molar-refractivity contribution in [1.82, 2.24) is 5.32 Å². The molecule has 1 saturated carbocycles. The van der Waals surface area contributed by atoms with Gasteiger partial charge in [0.25, 0.3) is 0 Å². The maximum Gasteiger partial charge on any atom is 0.315 e. The quantitative estimate of drug-likeness (QED) is 0.801. The Morgan fingerprint density at radius 2 is 1.73 bits per heavy atom. The Morgan fingerprint density at radius 3 is 2.31 bits per heavy atom. The summed E-state index contributed by atoms with van der Waals surface area (Å²) in [6, 6.07) is 15.3. The molecule has 4 nitrogen and oxygen atoms in total. The number of carbonyl (C=O) groups excluding carboxylic acids is 1.